The van der Waals surface area contributed by atoms with Crippen molar-refractivity contribution >= 4 is 23.5 Å². The van der Waals surface area contributed by atoms with Crippen molar-refractivity contribution in [3.8, 4) is 5.75 Å². The third-order valence-corrected chi connectivity index (χ3v) is 3.40. The van der Waals surface area contributed by atoms with Gasteiger partial charge in [-0.2, -0.15) is 0 Å². The van der Waals surface area contributed by atoms with Crippen molar-refractivity contribution in [2.45, 2.75) is 39.7 Å². The molecule has 0 aliphatic carbocycles. The van der Waals surface area contributed by atoms with E-state index < -0.39 is 17.9 Å². The highest BCUT2D eigenvalue weighted by Gasteiger charge is 2.25. The molecule has 1 atom stereocenters. The third-order valence-electron chi connectivity index (χ3n) is 3.16. The predicted octanol–water partition coefficient (Wildman–Crippen LogP) is 3.36. The van der Waals surface area contributed by atoms with Crippen LogP contribution in [-0.4, -0.2) is 29.6 Å². The Labute approximate surface area is 135 Å². The molecule has 0 aromatic heterocycles. The van der Waals surface area contributed by atoms with E-state index >= 15 is 0 Å². The molecule has 0 saturated carbocycles. The second-order valence-corrected chi connectivity index (χ2v) is 5.81. The minimum Gasteiger partial charge on any atom is -0.493 e. The molecule has 122 valence electrons. The lowest BCUT2D eigenvalue weighted by molar-refractivity contribution is -0.140. The van der Waals surface area contributed by atoms with E-state index in [1.165, 1.54) is 6.07 Å². The molecule has 0 aliphatic rings. The van der Waals surface area contributed by atoms with Gasteiger partial charge in [0.15, 0.2) is 0 Å². The predicted molar refractivity (Wildman–Crippen MR) is 85.6 cm³/mol. The van der Waals surface area contributed by atoms with Gasteiger partial charge in [-0.05, 0) is 30.5 Å². The van der Waals surface area contributed by atoms with E-state index in [4.69, 9.17) is 21.4 Å². The summed E-state index contributed by atoms with van der Waals surface area (Å²) in [5.74, 6) is -1.40. The van der Waals surface area contributed by atoms with Crippen molar-refractivity contribution in [2.75, 3.05) is 6.61 Å². The molecule has 2 N–H and O–H groups in total. The zero-order valence-electron chi connectivity index (χ0n) is 13.1. The number of rotatable bonds is 8. The Hall–Kier alpha value is -1.75. The number of carboxylic acid groups (broad SMARTS) is 1. The minimum absolute atomic E-state index is 0.231. The second kappa shape index (κ2) is 8.63. The number of carbonyl (C=O) groups excluding carboxylic acids is 1. The van der Waals surface area contributed by atoms with E-state index in [9.17, 15) is 9.59 Å². The fourth-order valence-electron chi connectivity index (χ4n) is 1.86. The zero-order chi connectivity index (χ0) is 16.7. The van der Waals surface area contributed by atoms with Gasteiger partial charge in [-0.3, -0.25) is 4.79 Å². The Kier molecular flexibility index (Phi) is 7.18. The molecule has 0 spiro atoms. The first-order chi connectivity index (χ1) is 10.4. The summed E-state index contributed by atoms with van der Waals surface area (Å²) in [5, 5.41) is 12.1. The number of ether oxygens (including phenoxy) is 1. The topological polar surface area (TPSA) is 75.6 Å². The first-order valence-electron chi connectivity index (χ1n) is 7.32. The van der Waals surface area contributed by atoms with Crippen LogP contribution in [0.4, 0.5) is 0 Å². The number of hydrogen-bond donors (Lipinski definition) is 2. The first-order valence-corrected chi connectivity index (χ1v) is 7.70. The summed E-state index contributed by atoms with van der Waals surface area (Å²) >= 11 is 5.93. The van der Waals surface area contributed by atoms with Crippen LogP contribution < -0.4 is 10.1 Å². The van der Waals surface area contributed by atoms with E-state index in [1.807, 2.05) is 6.92 Å². The Balaban J connectivity index is 2.95. The first kappa shape index (κ1) is 18.3. The molecule has 0 bridgehead atoms. The number of hydrogen-bond acceptors (Lipinski definition) is 3. The van der Waals surface area contributed by atoms with Gasteiger partial charge in [0.25, 0.3) is 5.91 Å². The number of amides is 1. The maximum atomic E-state index is 12.4. The molecule has 1 amide bonds. The zero-order valence-corrected chi connectivity index (χ0v) is 13.8. The van der Waals surface area contributed by atoms with Gasteiger partial charge in [-0.15, -0.1) is 0 Å². The van der Waals surface area contributed by atoms with Crippen molar-refractivity contribution in [3.05, 3.63) is 28.8 Å². The maximum absolute atomic E-state index is 12.4. The molecule has 1 aromatic rings. The summed E-state index contributed by atoms with van der Waals surface area (Å²) in [5.41, 5.74) is 0.246. The fourth-order valence-corrected chi connectivity index (χ4v) is 2.04. The number of halogens is 1. The summed E-state index contributed by atoms with van der Waals surface area (Å²) in [4.78, 5) is 23.6. The number of carbonyl (C=O) groups is 2. The average molecular weight is 328 g/mol. The highest BCUT2D eigenvalue weighted by Crippen LogP contribution is 2.23. The largest absolute Gasteiger partial charge is 0.493 e. The SMILES string of the molecule is CCCCOc1ccc(Cl)cc1C(=O)NC(C(=O)O)C(C)C. The van der Waals surface area contributed by atoms with Crippen molar-refractivity contribution in [3.63, 3.8) is 0 Å². The van der Waals surface area contributed by atoms with E-state index in [1.54, 1.807) is 26.0 Å². The number of benzene rings is 1. The minimum atomic E-state index is -1.07. The number of unbranched alkanes of at least 4 members (excludes halogenated alkanes) is 1. The summed E-state index contributed by atoms with van der Waals surface area (Å²) in [6.07, 6.45) is 1.84. The van der Waals surface area contributed by atoms with Crippen LogP contribution in [0.15, 0.2) is 18.2 Å². The molecule has 6 heteroatoms. The lowest BCUT2D eigenvalue weighted by Gasteiger charge is -2.19. The number of carboxylic acids is 1. The highest BCUT2D eigenvalue weighted by atomic mass is 35.5. The normalized spacial score (nSPS) is 12.0. The Morgan fingerprint density at radius 3 is 2.59 bits per heavy atom. The summed E-state index contributed by atoms with van der Waals surface area (Å²) in [6, 6.07) is 3.78. The van der Waals surface area contributed by atoms with Crippen molar-refractivity contribution in [1.29, 1.82) is 0 Å². The van der Waals surface area contributed by atoms with Gasteiger partial charge in [0.05, 0.1) is 12.2 Å². The van der Waals surface area contributed by atoms with Crippen molar-refractivity contribution in [1.82, 2.24) is 5.32 Å². The monoisotopic (exact) mass is 327 g/mol. The lowest BCUT2D eigenvalue weighted by atomic mass is 10.0. The van der Waals surface area contributed by atoms with Gasteiger partial charge in [-0.1, -0.05) is 38.8 Å². The molecular weight excluding hydrogens is 306 g/mol. The van der Waals surface area contributed by atoms with Crippen LogP contribution in [0, 0.1) is 5.92 Å². The lowest BCUT2D eigenvalue weighted by Crippen LogP contribution is -2.44. The number of aliphatic carboxylic acids is 1. The van der Waals surface area contributed by atoms with Crippen LogP contribution in [0.2, 0.25) is 5.02 Å². The smallest absolute Gasteiger partial charge is 0.326 e. The van der Waals surface area contributed by atoms with Crippen LogP contribution in [0.25, 0.3) is 0 Å². The van der Waals surface area contributed by atoms with E-state index in [2.05, 4.69) is 5.32 Å². The summed E-state index contributed by atoms with van der Waals surface area (Å²) in [7, 11) is 0. The van der Waals surface area contributed by atoms with E-state index in [-0.39, 0.29) is 11.5 Å². The summed E-state index contributed by atoms with van der Waals surface area (Å²) in [6.45, 7) is 6.00. The van der Waals surface area contributed by atoms with Crippen LogP contribution in [0.1, 0.15) is 44.0 Å². The van der Waals surface area contributed by atoms with Gasteiger partial charge >= 0.3 is 5.97 Å². The molecule has 22 heavy (non-hydrogen) atoms. The Morgan fingerprint density at radius 1 is 1.36 bits per heavy atom. The van der Waals surface area contributed by atoms with Crippen LogP contribution in [0.3, 0.4) is 0 Å². The third kappa shape index (κ3) is 5.22. The molecule has 5 nitrogen and oxygen atoms in total. The molecule has 1 unspecified atom stereocenters. The van der Waals surface area contributed by atoms with Crippen molar-refractivity contribution in [2.24, 2.45) is 5.92 Å². The van der Waals surface area contributed by atoms with Crippen LogP contribution in [-0.2, 0) is 4.79 Å². The van der Waals surface area contributed by atoms with E-state index in [0.717, 1.165) is 12.8 Å². The standard InChI is InChI=1S/C16H22ClNO4/c1-4-5-8-22-13-7-6-11(17)9-12(13)15(19)18-14(10(2)3)16(20)21/h6-7,9-10,14H,4-5,8H2,1-3H3,(H,18,19)(H,20,21). The quantitative estimate of drug-likeness (QED) is 0.718. The Bertz CT molecular complexity index is 531. The molecule has 0 radical (unpaired) electrons. The fraction of sp³-hybridized carbons (Fsp3) is 0.500. The highest BCUT2D eigenvalue weighted by molar-refractivity contribution is 6.31. The molecule has 0 aliphatic heterocycles. The van der Waals surface area contributed by atoms with Crippen molar-refractivity contribution < 1.29 is 19.4 Å². The van der Waals surface area contributed by atoms with Gasteiger partial charge < -0.3 is 15.2 Å². The number of nitrogens with one attached hydrogen (secondary N) is 1. The van der Waals surface area contributed by atoms with Gasteiger partial charge in [0.1, 0.15) is 11.8 Å². The molecule has 0 heterocycles. The molecule has 0 saturated heterocycles. The van der Waals surface area contributed by atoms with Gasteiger partial charge in [0.2, 0.25) is 0 Å². The van der Waals surface area contributed by atoms with Crippen LogP contribution in [0.5, 0.6) is 5.75 Å². The molecule has 1 rings (SSSR count). The van der Waals surface area contributed by atoms with Gasteiger partial charge in [0, 0.05) is 5.02 Å². The average Bonchev–Trinajstić information content (AvgIpc) is 2.45. The maximum Gasteiger partial charge on any atom is 0.326 e. The van der Waals surface area contributed by atoms with Gasteiger partial charge in [-0.25, -0.2) is 4.79 Å². The van der Waals surface area contributed by atoms with E-state index in [0.29, 0.717) is 17.4 Å². The molecular formula is C16H22ClNO4. The molecule has 1 aromatic carbocycles. The summed E-state index contributed by atoms with van der Waals surface area (Å²) < 4.78 is 5.59. The second-order valence-electron chi connectivity index (χ2n) is 5.38. The molecule has 0 fully saturated rings. The van der Waals surface area contributed by atoms with Crippen LogP contribution >= 0.6 is 11.6 Å². The Morgan fingerprint density at radius 2 is 2.05 bits per heavy atom.